The standard InChI is InChI=1S/C14H19NO3/c1-8-4-5-11(6-9(8)2)12-7-15-13(14(16)17)10(3)18-12/h4-6,10,12-13,15H,7H2,1-3H3,(H,16,17). The van der Waals surface area contributed by atoms with Crippen molar-refractivity contribution in [2.75, 3.05) is 6.54 Å². The summed E-state index contributed by atoms with van der Waals surface area (Å²) >= 11 is 0. The second-order valence-electron chi connectivity index (χ2n) is 4.90. The van der Waals surface area contributed by atoms with E-state index in [1.54, 1.807) is 6.92 Å². The largest absolute Gasteiger partial charge is 0.480 e. The number of rotatable bonds is 2. The molecule has 1 aliphatic rings. The summed E-state index contributed by atoms with van der Waals surface area (Å²) in [6.45, 7) is 6.46. The van der Waals surface area contributed by atoms with Crippen LogP contribution in [-0.2, 0) is 9.53 Å². The topological polar surface area (TPSA) is 58.6 Å². The van der Waals surface area contributed by atoms with Crippen LogP contribution >= 0.6 is 0 Å². The molecular weight excluding hydrogens is 230 g/mol. The lowest BCUT2D eigenvalue weighted by atomic mass is 10.0. The highest BCUT2D eigenvalue weighted by molar-refractivity contribution is 5.74. The van der Waals surface area contributed by atoms with Crippen LogP contribution in [0.3, 0.4) is 0 Å². The molecule has 3 unspecified atom stereocenters. The molecule has 4 nitrogen and oxygen atoms in total. The van der Waals surface area contributed by atoms with E-state index in [1.165, 1.54) is 11.1 Å². The van der Waals surface area contributed by atoms with Gasteiger partial charge in [0, 0.05) is 6.54 Å². The Balaban J connectivity index is 2.12. The minimum Gasteiger partial charge on any atom is -0.480 e. The van der Waals surface area contributed by atoms with Crippen molar-refractivity contribution in [2.45, 2.75) is 39.0 Å². The number of morpholine rings is 1. The van der Waals surface area contributed by atoms with Crippen molar-refractivity contribution in [1.29, 1.82) is 0 Å². The van der Waals surface area contributed by atoms with E-state index in [-0.39, 0.29) is 12.2 Å². The number of carboxylic acid groups (broad SMARTS) is 1. The number of benzene rings is 1. The van der Waals surface area contributed by atoms with Crippen LogP contribution in [0.5, 0.6) is 0 Å². The fourth-order valence-electron chi connectivity index (χ4n) is 2.24. The summed E-state index contributed by atoms with van der Waals surface area (Å²) in [6, 6.07) is 5.60. The van der Waals surface area contributed by atoms with E-state index in [2.05, 4.69) is 31.3 Å². The maximum absolute atomic E-state index is 11.0. The summed E-state index contributed by atoms with van der Waals surface area (Å²) in [5.74, 6) is -0.860. The second kappa shape index (κ2) is 5.08. The lowest BCUT2D eigenvalue weighted by Gasteiger charge is -2.33. The molecular formula is C14H19NO3. The summed E-state index contributed by atoms with van der Waals surface area (Å²) in [7, 11) is 0. The molecule has 0 amide bonds. The molecule has 1 fully saturated rings. The number of hydrogen-bond donors (Lipinski definition) is 2. The molecule has 3 atom stereocenters. The maximum atomic E-state index is 11.0. The third kappa shape index (κ3) is 2.54. The van der Waals surface area contributed by atoms with E-state index in [1.807, 2.05) is 6.07 Å². The van der Waals surface area contributed by atoms with Crippen molar-refractivity contribution in [1.82, 2.24) is 5.32 Å². The first-order valence-electron chi connectivity index (χ1n) is 6.18. The highest BCUT2D eigenvalue weighted by atomic mass is 16.5. The zero-order valence-electron chi connectivity index (χ0n) is 10.9. The van der Waals surface area contributed by atoms with Crippen LogP contribution in [0, 0.1) is 13.8 Å². The van der Waals surface area contributed by atoms with Gasteiger partial charge < -0.3 is 9.84 Å². The monoisotopic (exact) mass is 249 g/mol. The number of carbonyl (C=O) groups is 1. The summed E-state index contributed by atoms with van der Waals surface area (Å²) < 4.78 is 5.80. The summed E-state index contributed by atoms with van der Waals surface area (Å²) in [6.07, 6.45) is -0.405. The molecule has 1 aromatic carbocycles. The highest BCUT2D eigenvalue weighted by Crippen LogP contribution is 2.25. The maximum Gasteiger partial charge on any atom is 0.323 e. The van der Waals surface area contributed by atoms with Gasteiger partial charge in [-0.05, 0) is 37.5 Å². The molecule has 1 aliphatic heterocycles. The van der Waals surface area contributed by atoms with Crippen molar-refractivity contribution >= 4 is 5.97 Å². The molecule has 1 aromatic rings. The summed E-state index contributed by atoms with van der Waals surface area (Å²) in [4.78, 5) is 11.0. The average molecular weight is 249 g/mol. The van der Waals surface area contributed by atoms with E-state index in [9.17, 15) is 4.79 Å². The Morgan fingerprint density at radius 2 is 2.11 bits per heavy atom. The van der Waals surface area contributed by atoms with E-state index in [4.69, 9.17) is 9.84 Å². The van der Waals surface area contributed by atoms with Gasteiger partial charge in [0.15, 0.2) is 0 Å². The van der Waals surface area contributed by atoms with Gasteiger partial charge in [0.25, 0.3) is 0 Å². The fourth-order valence-corrected chi connectivity index (χ4v) is 2.24. The predicted octanol–water partition coefficient (Wildman–Crippen LogP) is 1.81. The van der Waals surface area contributed by atoms with Crippen molar-refractivity contribution < 1.29 is 14.6 Å². The van der Waals surface area contributed by atoms with E-state index < -0.39 is 12.0 Å². The molecule has 0 saturated carbocycles. The summed E-state index contributed by atoms with van der Waals surface area (Å²) in [5.41, 5.74) is 3.57. The van der Waals surface area contributed by atoms with E-state index in [0.717, 1.165) is 5.56 Å². The van der Waals surface area contributed by atoms with Crippen LogP contribution < -0.4 is 5.32 Å². The second-order valence-corrected chi connectivity index (χ2v) is 4.90. The molecule has 0 aliphatic carbocycles. The van der Waals surface area contributed by atoms with Crippen LogP contribution in [0.15, 0.2) is 18.2 Å². The normalized spacial score (nSPS) is 28.1. The minimum absolute atomic E-state index is 0.0742. The first-order valence-corrected chi connectivity index (χ1v) is 6.18. The molecule has 2 rings (SSSR count). The number of carboxylic acids is 1. The van der Waals surface area contributed by atoms with E-state index >= 15 is 0 Å². The molecule has 0 bridgehead atoms. The van der Waals surface area contributed by atoms with Gasteiger partial charge in [0.2, 0.25) is 0 Å². The average Bonchev–Trinajstić information content (AvgIpc) is 2.32. The van der Waals surface area contributed by atoms with Crippen molar-refractivity contribution in [3.63, 3.8) is 0 Å². The SMILES string of the molecule is Cc1ccc(C2CNC(C(=O)O)C(C)O2)cc1C. The highest BCUT2D eigenvalue weighted by Gasteiger charge is 2.33. The van der Waals surface area contributed by atoms with Crippen molar-refractivity contribution in [2.24, 2.45) is 0 Å². The summed E-state index contributed by atoms with van der Waals surface area (Å²) in [5, 5.41) is 12.0. The van der Waals surface area contributed by atoms with Crippen LogP contribution in [0.1, 0.15) is 29.7 Å². The Hall–Kier alpha value is -1.39. The lowest BCUT2D eigenvalue weighted by Crippen LogP contribution is -2.52. The first kappa shape index (κ1) is 13.1. The third-order valence-corrected chi connectivity index (χ3v) is 3.54. The quantitative estimate of drug-likeness (QED) is 0.839. The van der Waals surface area contributed by atoms with Gasteiger partial charge >= 0.3 is 5.97 Å². The van der Waals surface area contributed by atoms with Gasteiger partial charge in [-0.1, -0.05) is 18.2 Å². The van der Waals surface area contributed by atoms with E-state index in [0.29, 0.717) is 6.54 Å². The molecule has 0 spiro atoms. The van der Waals surface area contributed by atoms with Crippen LogP contribution in [0.25, 0.3) is 0 Å². The third-order valence-electron chi connectivity index (χ3n) is 3.54. The van der Waals surface area contributed by atoms with Crippen LogP contribution in [0.2, 0.25) is 0 Å². The Kier molecular flexibility index (Phi) is 3.68. The first-order chi connectivity index (χ1) is 8.49. The van der Waals surface area contributed by atoms with Gasteiger partial charge in [-0.2, -0.15) is 0 Å². The smallest absolute Gasteiger partial charge is 0.323 e. The van der Waals surface area contributed by atoms with Crippen molar-refractivity contribution in [3.05, 3.63) is 34.9 Å². The molecule has 1 saturated heterocycles. The predicted molar refractivity (Wildman–Crippen MR) is 68.6 cm³/mol. The zero-order chi connectivity index (χ0) is 13.3. The number of ether oxygens (including phenoxy) is 1. The molecule has 2 N–H and O–H groups in total. The van der Waals surface area contributed by atoms with Crippen LogP contribution in [0.4, 0.5) is 0 Å². The minimum atomic E-state index is -0.860. The molecule has 0 aromatic heterocycles. The Labute approximate surface area is 107 Å². The Morgan fingerprint density at radius 3 is 2.67 bits per heavy atom. The number of nitrogens with one attached hydrogen (secondary N) is 1. The fraction of sp³-hybridized carbons (Fsp3) is 0.500. The van der Waals surface area contributed by atoms with Gasteiger partial charge in [0.05, 0.1) is 12.2 Å². The number of hydrogen-bond acceptors (Lipinski definition) is 3. The zero-order valence-corrected chi connectivity index (χ0v) is 10.9. The molecule has 98 valence electrons. The van der Waals surface area contributed by atoms with Crippen molar-refractivity contribution in [3.8, 4) is 0 Å². The number of aryl methyl sites for hydroxylation is 2. The van der Waals surface area contributed by atoms with Gasteiger partial charge in [-0.3, -0.25) is 10.1 Å². The molecule has 4 heteroatoms. The van der Waals surface area contributed by atoms with Crippen LogP contribution in [-0.4, -0.2) is 29.8 Å². The molecule has 0 radical (unpaired) electrons. The van der Waals surface area contributed by atoms with Gasteiger partial charge in [-0.25, -0.2) is 0 Å². The van der Waals surface area contributed by atoms with Gasteiger partial charge in [-0.15, -0.1) is 0 Å². The molecule has 1 heterocycles. The Bertz CT molecular complexity index is 458. The molecule has 18 heavy (non-hydrogen) atoms. The lowest BCUT2D eigenvalue weighted by molar-refractivity contribution is -0.149. The number of aliphatic carboxylic acids is 1. The van der Waals surface area contributed by atoms with Gasteiger partial charge in [0.1, 0.15) is 6.04 Å². The Morgan fingerprint density at radius 1 is 1.39 bits per heavy atom.